The summed E-state index contributed by atoms with van der Waals surface area (Å²) in [7, 11) is 2.13. The Morgan fingerprint density at radius 1 is 1.44 bits per heavy atom. The normalized spacial score (nSPS) is 18.4. The topological polar surface area (TPSA) is 27.3 Å². The highest BCUT2D eigenvalue weighted by molar-refractivity contribution is 5.21. The lowest BCUT2D eigenvalue weighted by molar-refractivity contribution is 0.354. The van der Waals surface area contributed by atoms with E-state index < -0.39 is 0 Å². The second kappa shape index (κ2) is 9.28. The predicted octanol–water partition coefficient (Wildman–Crippen LogP) is 1.94. The molecule has 3 heteroatoms. The number of likely N-dealkylation sites (N-methyl/N-ethyl adjacent to an activating group) is 1. The standard InChI is InChI=1S/C11H21N3.C2H6/c1-4-14(3)8-7-12-11-6-5-10(2)13-9-11;1-2/h5-6,9-10,12-13H,4,7-8H2,1-3H3;1-2H3. The molecule has 0 aliphatic carbocycles. The van der Waals surface area contributed by atoms with Crippen LogP contribution in [0.5, 0.6) is 0 Å². The molecule has 0 bridgehead atoms. The maximum absolute atomic E-state index is 3.38. The van der Waals surface area contributed by atoms with Gasteiger partial charge in [0.05, 0.1) is 0 Å². The van der Waals surface area contributed by atoms with Crippen molar-refractivity contribution in [3.05, 3.63) is 24.0 Å². The molecule has 1 atom stereocenters. The Morgan fingerprint density at radius 3 is 2.62 bits per heavy atom. The Balaban J connectivity index is 0.00000106. The van der Waals surface area contributed by atoms with Gasteiger partial charge >= 0.3 is 0 Å². The van der Waals surface area contributed by atoms with Gasteiger partial charge in [0.1, 0.15) is 0 Å². The monoisotopic (exact) mass is 225 g/mol. The molecule has 1 aliphatic rings. The fraction of sp³-hybridized carbons (Fsp3) is 0.692. The van der Waals surface area contributed by atoms with E-state index in [2.05, 4.69) is 48.6 Å². The fourth-order valence-corrected chi connectivity index (χ4v) is 1.23. The third-order valence-corrected chi connectivity index (χ3v) is 2.43. The van der Waals surface area contributed by atoms with Crippen molar-refractivity contribution < 1.29 is 0 Å². The third kappa shape index (κ3) is 6.51. The Morgan fingerprint density at radius 2 is 2.12 bits per heavy atom. The number of rotatable bonds is 5. The van der Waals surface area contributed by atoms with Crippen LogP contribution in [0.1, 0.15) is 27.7 Å². The number of dihydropyridines is 1. The molecule has 0 radical (unpaired) electrons. The first-order chi connectivity index (χ1) is 7.72. The van der Waals surface area contributed by atoms with Gasteiger partial charge in [-0.15, -0.1) is 0 Å². The first kappa shape index (κ1) is 15.0. The molecular formula is C13H27N3. The van der Waals surface area contributed by atoms with Crippen LogP contribution in [-0.4, -0.2) is 37.6 Å². The SMILES string of the molecule is CC.CCN(C)CCNC1=CNC(C)C=C1. The van der Waals surface area contributed by atoms with E-state index in [-0.39, 0.29) is 0 Å². The van der Waals surface area contributed by atoms with Gasteiger partial charge < -0.3 is 15.5 Å². The van der Waals surface area contributed by atoms with Crippen molar-refractivity contribution in [1.29, 1.82) is 0 Å². The van der Waals surface area contributed by atoms with Crippen molar-refractivity contribution >= 4 is 0 Å². The summed E-state index contributed by atoms with van der Waals surface area (Å²) in [5, 5.41) is 6.64. The average molecular weight is 225 g/mol. The lowest BCUT2D eigenvalue weighted by Gasteiger charge is -2.18. The zero-order chi connectivity index (χ0) is 12.4. The van der Waals surface area contributed by atoms with Gasteiger partial charge in [-0.3, -0.25) is 0 Å². The van der Waals surface area contributed by atoms with E-state index in [9.17, 15) is 0 Å². The highest BCUT2D eigenvalue weighted by Gasteiger charge is 2.01. The summed E-state index contributed by atoms with van der Waals surface area (Å²) in [5.41, 5.74) is 1.17. The van der Waals surface area contributed by atoms with Gasteiger partial charge in [0.15, 0.2) is 0 Å². The minimum atomic E-state index is 0.457. The molecular weight excluding hydrogens is 198 g/mol. The summed E-state index contributed by atoms with van der Waals surface area (Å²) in [6.07, 6.45) is 6.33. The molecule has 1 heterocycles. The van der Waals surface area contributed by atoms with E-state index in [1.807, 2.05) is 20.0 Å². The van der Waals surface area contributed by atoms with Gasteiger partial charge in [-0.1, -0.05) is 26.8 Å². The molecule has 0 fully saturated rings. The molecule has 0 aromatic heterocycles. The molecule has 2 N–H and O–H groups in total. The number of hydrogen-bond donors (Lipinski definition) is 2. The molecule has 1 unspecified atom stereocenters. The molecule has 0 amide bonds. The van der Waals surface area contributed by atoms with Crippen molar-refractivity contribution in [2.75, 3.05) is 26.7 Å². The third-order valence-electron chi connectivity index (χ3n) is 2.43. The summed E-state index contributed by atoms with van der Waals surface area (Å²) in [5.74, 6) is 0. The van der Waals surface area contributed by atoms with Crippen LogP contribution in [0.15, 0.2) is 24.0 Å². The molecule has 0 aromatic rings. The van der Waals surface area contributed by atoms with E-state index >= 15 is 0 Å². The smallest absolute Gasteiger partial charge is 0.0497 e. The maximum atomic E-state index is 3.38. The molecule has 0 saturated carbocycles. The fourth-order valence-electron chi connectivity index (χ4n) is 1.23. The Bertz CT molecular complexity index is 221. The zero-order valence-electron chi connectivity index (χ0n) is 11.4. The second-order valence-electron chi connectivity index (χ2n) is 3.74. The summed E-state index contributed by atoms with van der Waals surface area (Å²) in [4.78, 5) is 2.29. The quantitative estimate of drug-likeness (QED) is 0.749. The van der Waals surface area contributed by atoms with Crippen LogP contribution in [0.3, 0.4) is 0 Å². The van der Waals surface area contributed by atoms with Crippen LogP contribution in [0.25, 0.3) is 0 Å². The van der Waals surface area contributed by atoms with Crippen molar-refractivity contribution in [3.8, 4) is 0 Å². The molecule has 3 nitrogen and oxygen atoms in total. The minimum Gasteiger partial charge on any atom is -0.383 e. The molecule has 1 aliphatic heterocycles. The van der Waals surface area contributed by atoms with Crippen LogP contribution in [-0.2, 0) is 0 Å². The van der Waals surface area contributed by atoms with Gasteiger partial charge in [0, 0.05) is 31.0 Å². The number of hydrogen-bond acceptors (Lipinski definition) is 3. The Hall–Kier alpha value is -0.960. The van der Waals surface area contributed by atoms with Crippen molar-refractivity contribution in [2.45, 2.75) is 33.7 Å². The van der Waals surface area contributed by atoms with Gasteiger partial charge in [-0.2, -0.15) is 0 Å². The van der Waals surface area contributed by atoms with Crippen molar-refractivity contribution in [3.63, 3.8) is 0 Å². The lowest BCUT2D eigenvalue weighted by Crippen LogP contribution is -2.31. The molecule has 1 rings (SSSR count). The molecule has 0 saturated heterocycles. The summed E-state index contributed by atoms with van der Waals surface area (Å²) in [6, 6.07) is 0.457. The molecule has 0 aromatic carbocycles. The van der Waals surface area contributed by atoms with Crippen molar-refractivity contribution in [1.82, 2.24) is 15.5 Å². The molecule has 0 spiro atoms. The maximum Gasteiger partial charge on any atom is 0.0497 e. The van der Waals surface area contributed by atoms with Crippen LogP contribution < -0.4 is 10.6 Å². The Labute approximate surface area is 101 Å². The highest BCUT2D eigenvalue weighted by Crippen LogP contribution is 1.99. The first-order valence-electron chi connectivity index (χ1n) is 6.29. The van der Waals surface area contributed by atoms with E-state index in [0.29, 0.717) is 6.04 Å². The average Bonchev–Trinajstić information content (AvgIpc) is 2.34. The largest absolute Gasteiger partial charge is 0.383 e. The van der Waals surface area contributed by atoms with Crippen molar-refractivity contribution in [2.24, 2.45) is 0 Å². The summed E-state index contributed by atoms with van der Waals surface area (Å²) < 4.78 is 0. The lowest BCUT2D eigenvalue weighted by atomic mass is 10.2. The van der Waals surface area contributed by atoms with Gasteiger partial charge in [0.25, 0.3) is 0 Å². The molecule has 94 valence electrons. The number of nitrogens with zero attached hydrogens (tertiary/aromatic N) is 1. The highest BCUT2D eigenvalue weighted by atomic mass is 15.1. The van der Waals surface area contributed by atoms with Gasteiger partial charge in [0.2, 0.25) is 0 Å². The number of nitrogens with one attached hydrogen (secondary N) is 2. The number of allylic oxidation sites excluding steroid dienone is 1. The van der Waals surface area contributed by atoms with Crippen LogP contribution in [0.2, 0.25) is 0 Å². The first-order valence-corrected chi connectivity index (χ1v) is 6.29. The second-order valence-corrected chi connectivity index (χ2v) is 3.74. The van der Waals surface area contributed by atoms with Crippen LogP contribution >= 0.6 is 0 Å². The minimum absolute atomic E-state index is 0.457. The molecule has 16 heavy (non-hydrogen) atoms. The van der Waals surface area contributed by atoms with Gasteiger partial charge in [-0.25, -0.2) is 0 Å². The van der Waals surface area contributed by atoms with E-state index in [4.69, 9.17) is 0 Å². The van der Waals surface area contributed by atoms with Crippen LogP contribution in [0, 0.1) is 0 Å². The van der Waals surface area contributed by atoms with E-state index in [1.54, 1.807) is 0 Å². The summed E-state index contributed by atoms with van der Waals surface area (Å²) in [6.45, 7) is 11.5. The van der Waals surface area contributed by atoms with E-state index in [1.165, 1.54) is 5.70 Å². The van der Waals surface area contributed by atoms with Gasteiger partial charge in [-0.05, 0) is 26.6 Å². The van der Waals surface area contributed by atoms with Crippen LogP contribution in [0.4, 0.5) is 0 Å². The summed E-state index contributed by atoms with van der Waals surface area (Å²) >= 11 is 0. The zero-order valence-corrected chi connectivity index (χ0v) is 11.4. The van der Waals surface area contributed by atoms with E-state index in [0.717, 1.165) is 19.6 Å². The predicted molar refractivity (Wildman–Crippen MR) is 72.3 cm³/mol. The Kier molecular flexibility index (Phi) is 8.72.